The van der Waals surface area contributed by atoms with Crippen LogP contribution in [0.2, 0.25) is 0 Å². The van der Waals surface area contributed by atoms with Gasteiger partial charge in [0.1, 0.15) is 18.0 Å². The lowest BCUT2D eigenvalue weighted by Crippen LogP contribution is -2.35. The number of phenolic OH excluding ortho intramolecular Hbond substituents is 1. The molecule has 11 nitrogen and oxygen atoms in total. The molecule has 0 spiro atoms. The zero-order valence-electron chi connectivity index (χ0n) is 28.2. The number of unbranched alkanes of at least 4 members (excludes halogenated alkanes) is 4. The molecule has 0 heterocycles. The van der Waals surface area contributed by atoms with E-state index in [9.17, 15) is 29.4 Å². The summed E-state index contributed by atoms with van der Waals surface area (Å²) >= 11 is 0. The quantitative estimate of drug-likeness (QED) is 0.0580. The summed E-state index contributed by atoms with van der Waals surface area (Å²) in [5.74, 6) is -1.35. The van der Waals surface area contributed by atoms with Crippen molar-refractivity contribution in [1.29, 1.82) is 0 Å². The average molecular weight is 683 g/mol. The lowest BCUT2D eigenvalue weighted by molar-refractivity contribution is -0.137. The number of carbonyl (C=O) groups is 4. The van der Waals surface area contributed by atoms with Gasteiger partial charge in [-0.2, -0.15) is 0 Å². The van der Waals surface area contributed by atoms with E-state index in [4.69, 9.17) is 14.2 Å². The van der Waals surface area contributed by atoms with Gasteiger partial charge in [-0.15, -0.1) is 0 Å². The van der Waals surface area contributed by atoms with Crippen LogP contribution in [0.1, 0.15) is 70.9 Å². The number of nitrogens with one attached hydrogen (secondary N) is 1. The smallest absolute Gasteiger partial charge is 0.343 e. The molecule has 4 rings (SSSR count). The second kappa shape index (κ2) is 18.6. The number of aliphatic carboxylic acids is 1. The van der Waals surface area contributed by atoms with Crippen molar-refractivity contribution in [3.05, 3.63) is 113 Å². The van der Waals surface area contributed by atoms with Gasteiger partial charge in [-0.1, -0.05) is 50.8 Å². The first kappa shape index (κ1) is 37.0. The molecule has 0 aromatic heterocycles. The molecule has 50 heavy (non-hydrogen) atoms. The van der Waals surface area contributed by atoms with Gasteiger partial charge in [-0.25, -0.2) is 4.79 Å². The second-order valence-corrected chi connectivity index (χ2v) is 11.7. The highest BCUT2D eigenvalue weighted by atomic mass is 16.5. The first-order valence-corrected chi connectivity index (χ1v) is 16.5. The molecule has 0 radical (unpaired) electrons. The Kier molecular flexibility index (Phi) is 13.8. The standard InChI is InChI=1S/C39H42N2O9/c1-3-4-5-6-7-22-49-32-19-13-30(14-20-32)39(47)50-33-17-8-27(9-18-33)25-41(26-37(44)45)38(46)29-11-15-31(16-12-29)40-36(43)24-28-10-21-35(48-2)34(42)23-28/h8-21,23,42H,3-7,22,24-26H2,1-2H3,(H,40,43)(H,44,45). The molecule has 0 saturated heterocycles. The maximum absolute atomic E-state index is 13.3. The fraction of sp³-hybridized carbons (Fsp3) is 0.282. The highest BCUT2D eigenvalue weighted by molar-refractivity contribution is 5.97. The molecule has 11 heteroatoms. The van der Waals surface area contributed by atoms with Crippen LogP contribution in [0.15, 0.2) is 91.0 Å². The summed E-state index contributed by atoms with van der Waals surface area (Å²) in [5, 5.41) is 22.2. The summed E-state index contributed by atoms with van der Waals surface area (Å²) in [5.41, 5.74) is 2.26. The van der Waals surface area contributed by atoms with Crippen molar-refractivity contribution < 1.29 is 43.6 Å². The van der Waals surface area contributed by atoms with Crippen LogP contribution in [0.25, 0.3) is 0 Å². The minimum atomic E-state index is -1.18. The molecular formula is C39H42N2O9. The average Bonchev–Trinajstić information content (AvgIpc) is 3.10. The van der Waals surface area contributed by atoms with E-state index in [0.717, 1.165) is 12.8 Å². The van der Waals surface area contributed by atoms with Crippen molar-refractivity contribution >= 4 is 29.4 Å². The Bertz CT molecular complexity index is 1740. The number of aromatic hydroxyl groups is 1. The third kappa shape index (κ3) is 11.4. The highest BCUT2D eigenvalue weighted by Gasteiger charge is 2.20. The number of rotatable bonds is 18. The summed E-state index contributed by atoms with van der Waals surface area (Å²) in [6, 6.07) is 24.0. The molecule has 0 aliphatic rings. The van der Waals surface area contributed by atoms with Gasteiger partial charge in [0.25, 0.3) is 5.91 Å². The highest BCUT2D eigenvalue weighted by Crippen LogP contribution is 2.26. The van der Waals surface area contributed by atoms with E-state index in [1.54, 1.807) is 72.8 Å². The van der Waals surface area contributed by atoms with Crippen LogP contribution < -0.4 is 19.5 Å². The van der Waals surface area contributed by atoms with E-state index in [0.29, 0.717) is 46.2 Å². The number of methoxy groups -OCH3 is 1. The van der Waals surface area contributed by atoms with Gasteiger partial charge in [0, 0.05) is 17.8 Å². The van der Waals surface area contributed by atoms with Crippen LogP contribution in [-0.2, 0) is 22.6 Å². The molecular weight excluding hydrogens is 640 g/mol. The summed E-state index contributed by atoms with van der Waals surface area (Å²) in [4.78, 5) is 51.3. The number of carbonyl (C=O) groups excluding carboxylic acids is 3. The predicted octanol–water partition coefficient (Wildman–Crippen LogP) is 6.88. The molecule has 4 aromatic rings. The van der Waals surface area contributed by atoms with Gasteiger partial charge in [-0.05, 0) is 90.3 Å². The third-order valence-electron chi connectivity index (χ3n) is 7.75. The summed E-state index contributed by atoms with van der Waals surface area (Å²) < 4.78 is 16.3. The van der Waals surface area contributed by atoms with E-state index >= 15 is 0 Å². The van der Waals surface area contributed by atoms with E-state index in [1.165, 1.54) is 49.5 Å². The molecule has 0 fully saturated rings. The van der Waals surface area contributed by atoms with Gasteiger partial charge in [0.05, 0.1) is 25.7 Å². The van der Waals surface area contributed by atoms with Crippen LogP contribution in [0.5, 0.6) is 23.0 Å². The fourth-order valence-electron chi connectivity index (χ4n) is 5.11. The number of anilines is 1. The molecule has 3 N–H and O–H groups in total. The van der Waals surface area contributed by atoms with Crippen molar-refractivity contribution in [1.82, 2.24) is 4.90 Å². The summed E-state index contributed by atoms with van der Waals surface area (Å²) in [7, 11) is 1.43. The normalized spacial score (nSPS) is 10.6. The zero-order chi connectivity index (χ0) is 35.9. The topological polar surface area (TPSA) is 152 Å². The first-order valence-electron chi connectivity index (χ1n) is 16.5. The molecule has 4 aromatic carbocycles. The number of nitrogens with zero attached hydrogens (tertiary/aromatic N) is 1. The Morgan fingerprint density at radius 2 is 1.40 bits per heavy atom. The number of esters is 1. The number of ether oxygens (including phenoxy) is 3. The number of benzene rings is 4. The van der Waals surface area contributed by atoms with Crippen LogP contribution in [0.4, 0.5) is 5.69 Å². The number of hydrogen-bond acceptors (Lipinski definition) is 8. The first-order chi connectivity index (χ1) is 24.1. The van der Waals surface area contributed by atoms with Crippen molar-refractivity contribution in [2.75, 3.05) is 25.6 Å². The van der Waals surface area contributed by atoms with Crippen LogP contribution in [0, 0.1) is 0 Å². The Labute approximate surface area is 291 Å². The monoisotopic (exact) mass is 682 g/mol. The van der Waals surface area contributed by atoms with E-state index in [2.05, 4.69) is 12.2 Å². The Morgan fingerprint density at radius 1 is 0.760 bits per heavy atom. The van der Waals surface area contributed by atoms with Crippen LogP contribution in [0.3, 0.4) is 0 Å². The summed E-state index contributed by atoms with van der Waals surface area (Å²) in [6.07, 6.45) is 5.74. The molecule has 0 saturated carbocycles. The van der Waals surface area contributed by atoms with E-state index < -0.39 is 24.4 Å². The van der Waals surface area contributed by atoms with Gasteiger partial charge >= 0.3 is 11.9 Å². The van der Waals surface area contributed by atoms with Gasteiger partial charge < -0.3 is 34.6 Å². The number of hydrogen-bond donors (Lipinski definition) is 3. The van der Waals surface area contributed by atoms with Gasteiger partial charge in [-0.3, -0.25) is 14.4 Å². The van der Waals surface area contributed by atoms with E-state index in [-0.39, 0.29) is 30.2 Å². The largest absolute Gasteiger partial charge is 0.504 e. The number of carboxylic acids is 1. The Morgan fingerprint density at radius 3 is 2.04 bits per heavy atom. The third-order valence-corrected chi connectivity index (χ3v) is 7.75. The number of carboxylic acid groups (broad SMARTS) is 1. The molecule has 2 amide bonds. The van der Waals surface area contributed by atoms with Gasteiger partial charge in [0.2, 0.25) is 5.91 Å². The molecule has 0 bridgehead atoms. The van der Waals surface area contributed by atoms with E-state index in [1.807, 2.05) is 0 Å². The lowest BCUT2D eigenvalue weighted by Gasteiger charge is -2.21. The maximum atomic E-state index is 13.3. The van der Waals surface area contributed by atoms with Gasteiger partial charge in [0.15, 0.2) is 11.5 Å². The predicted molar refractivity (Wildman–Crippen MR) is 188 cm³/mol. The van der Waals surface area contributed by atoms with Crippen molar-refractivity contribution in [3.8, 4) is 23.0 Å². The minimum Gasteiger partial charge on any atom is -0.504 e. The molecule has 262 valence electrons. The fourth-order valence-corrected chi connectivity index (χ4v) is 5.11. The van der Waals surface area contributed by atoms with Crippen molar-refractivity contribution in [2.24, 2.45) is 0 Å². The zero-order valence-corrected chi connectivity index (χ0v) is 28.2. The molecule has 0 atom stereocenters. The number of phenols is 1. The van der Waals surface area contributed by atoms with Crippen molar-refractivity contribution in [3.63, 3.8) is 0 Å². The second-order valence-electron chi connectivity index (χ2n) is 11.7. The van der Waals surface area contributed by atoms with Crippen LogP contribution in [-0.4, -0.2) is 59.1 Å². The molecule has 0 aliphatic heterocycles. The molecule has 0 aliphatic carbocycles. The summed E-state index contributed by atoms with van der Waals surface area (Å²) in [6.45, 7) is 2.26. The molecule has 0 unspecified atom stereocenters. The maximum Gasteiger partial charge on any atom is 0.343 e. The SMILES string of the molecule is CCCCCCCOc1ccc(C(=O)Oc2ccc(CN(CC(=O)O)C(=O)c3ccc(NC(=O)Cc4ccc(OC)c(O)c4)cc3)cc2)cc1. The number of amides is 2. The Balaban J connectivity index is 1.30. The van der Waals surface area contributed by atoms with Crippen LogP contribution >= 0.6 is 0 Å². The lowest BCUT2D eigenvalue weighted by atomic mass is 10.1. The van der Waals surface area contributed by atoms with Crippen molar-refractivity contribution in [2.45, 2.75) is 52.0 Å². The Hall–Kier alpha value is -5.84. The minimum absolute atomic E-state index is 0.00446.